The molecule has 0 bridgehead atoms. The Hall–Kier alpha value is -2.47. The predicted molar refractivity (Wildman–Crippen MR) is 105 cm³/mol. The lowest BCUT2D eigenvalue weighted by Crippen LogP contribution is -2.10. The second-order valence-corrected chi connectivity index (χ2v) is 7.73. The maximum atomic E-state index is 12.9. The van der Waals surface area contributed by atoms with Crippen LogP contribution in [-0.2, 0) is 4.79 Å². The van der Waals surface area contributed by atoms with Gasteiger partial charge in [0, 0.05) is 9.64 Å². The Labute approximate surface area is 164 Å². The zero-order valence-electron chi connectivity index (χ0n) is 12.9. The quantitative estimate of drug-likeness (QED) is 0.398. The molecule has 0 aliphatic carbocycles. The van der Waals surface area contributed by atoms with Gasteiger partial charge in [-0.25, -0.2) is 0 Å². The van der Waals surface area contributed by atoms with E-state index < -0.39 is 32.3 Å². The largest absolute Gasteiger partial charge is 0.393 e. The first-order chi connectivity index (χ1) is 12.3. The number of carbonyl (C=O) groups excluding carboxylic acids is 1. The summed E-state index contributed by atoms with van der Waals surface area (Å²) < 4.78 is 0.906. The molecule has 0 spiro atoms. The topological polar surface area (TPSA) is 129 Å². The molecule has 0 radical (unpaired) electrons. The Morgan fingerprint density at radius 1 is 1.08 bits per heavy atom. The van der Waals surface area contributed by atoms with Gasteiger partial charge in [-0.2, -0.15) is 0 Å². The fraction of sp³-hybridized carbons (Fsp3) is 0.0625. The second kappa shape index (κ2) is 7.03. The average Bonchev–Trinajstić information content (AvgIpc) is 2.88. The standard InChI is InChI=1S/C16H10IN3O5S/c17-9-4-1-3-8(7-9)12-14(21)15(26-16(12)18)10-5-2-6-11(19(22)23)13(10)20(24)25/h1-7,15H,18H2. The molecule has 2 N–H and O–H groups in total. The minimum atomic E-state index is -0.997. The number of halogens is 1. The number of hydrogen-bond donors (Lipinski definition) is 1. The van der Waals surface area contributed by atoms with Crippen molar-refractivity contribution in [3.63, 3.8) is 0 Å². The summed E-state index contributed by atoms with van der Waals surface area (Å²) in [6.45, 7) is 0. The monoisotopic (exact) mass is 483 g/mol. The lowest BCUT2D eigenvalue weighted by atomic mass is 9.96. The Morgan fingerprint density at radius 3 is 2.38 bits per heavy atom. The highest BCUT2D eigenvalue weighted by molar-refractivity contribution is 14.1. The molecular weight excluding hydrogens is 473 g/mol. The van der Waals surface area contributed by atoms with Crippen molar-refractivity contribution in [1.82, 2.24) is 0 Å². The molecule has 10 heteroatoms. The number of thioether (sulfide) groups is 1. The average molecular weight is 483 g/mol. The molecule has 0 saturated carbocycles. The predicted octanol–water partition coefficient (Wildman–Crippen LogP) is 3.79. The molecule has 3 rings (SSSR count). The Morgan fingerprint density at radius 2 is 1.77 bits per heavy atom. The molecule has 1 atom stereocenters. The van der Waals surface area contributed by atoms with Crippen molar-refractivity contribution >= 4 is 57.1 Å². The van der Waals surface area contributed by atoms with E-state index in [4.69, 9.17) is 5.73 Å². The van der Waals surface area contributed by atoms with E-state index in [2.05, 4.69) is 22.6 Å². The summed E-state index contributed by atoms with van der Waals surface area (Å²) in [6, 6.07) is 10.9. The van der Waals surface area contributed by atoms with Gasteiger partial charge in [0.1, 0.15) is 5.25 Å². The minimum absolute atomic E-state index is 0.0252. The summed E-state index contributed by atoms with van der Waals surface area (Å²) in [7, 11) is 0. The SMILES string of the molecule is NC1=C(c2cccc(I)c2)C(=O)C(c2cccc([N+](=O)[O-])c2[N+](=O)[O-])S1. The van der Waals surface area contributed by atoms with Gasteiger partial charge in [0.2, 0.25) is 0 Å². The van der Waals surface area contributed by atoms with Crippen molar-refractivity contribution in [2.75, 3.05) is 0 Å². The fourth-order valence-electron chi connectivity index (χ4n) is 2.73. The molecule has 0 saturated heterocycles. The van der Waals surface area contributed by atoms with Gasteiger partial charge in [-0.3, -0.25) is 25.0 Å². The molecule has 0 fully saturated rings. The van der Waals surface area contributed by atoms with E-state index in [9.17, 15) is 25.0 Å². The molecule has 0 amide bonds. The van der Waals surface area contributed by atoms with Gasteiger partial charge in [-0.15, -0.1) is 0 Å². The summed E-state index contributed by atoms with van der Waals surface area (Å²) in [5.74, 6) is -0.405. The van der Waals surface area contributed by atoms with Gasteiger partial charge >= 0.3 is 11.4 Å². The van der Waals surface area contributed by atoms with Crippen molar-refractivity contribution in [3.05, 3.63) is 82.4 Å². The van der Waals surface area contributed by atoms with Crippen molar-refractivity contribution in [2.45, 2.75) is 5.25 Å². The maximum absolute atomic E-state index is 12.9. The molecule has 1 heterocycles. The van der Waals surface area contributed by atoms with Crippen molar-refractivity contribution < 1.29 is 14.6 Å². The van der Waals surface area contributed by atoms with Crippen LogP contribution in [0.15, 0.2) is 47.5 Å². The third-order valence-corrected chi connectivity index (χ3v) is 5.63. The van der Waals surface area contributed by atoms with Crippen molar-refractivity contribution in [3.8, 4) is 0 Å². The molecule has 8 nitrogen and oxygen atoms in total. The van der Waals surface area contributed by atoms with Crippen LogP contribution >= 0.6 is 34.4 Å². The van der Waals surface area contributed by atoms with E-state index in [0.29, 0.717) is 5.56 Å². The van der Waals surface area contributed by atoms with Crippen LogP contribution in [0.4, 0.5) is 11.4 Å². The molecule has 26 heavy (non-hydrogen) atoms. The Bertz CT molecular complexity index is 992. The van der Waals surface area contributed by atoms with E-state index in [0.717, 1.165) is 21.4 Å². The van der Waals surface area contributed by atoms with Gasteiger partial charge in [0.25, 0.3) is 0 Å². The molecule has 2 aromatic rings. The number of para-hydroxylation sites is 1. The van der Waals surface area contributed by atoms with E-state index >= 15 is 0 Å². The second-order valence-electron chi connectivity index (χ2n) is 5.34. The summed E-state index contributed by atoms with van der Waals surface area (Å²) >= 11 is 3.07. The Balaban J connectivity index is 2.09. The number of nitrogens with zero attached hydrogens (tertiary/aromatic N) is 2. The van der Waals surface area contributed by atoms with E-state index in [-0.39, 0.29) is 16.2 Å². The lowest BCUT2D eigenvalue weighted by Gasteiger charge is -2.09. The normalized spacial score (nSPS) is 16.8. The highest BCUT2D eigenvalue weighted by atomic mass is 127. The number of nitrogens with two attached hydrogens (primary N) is 1. The smallest absolute Gasteiger partial charge is 0.350 e. The van der Waals surface area contributed by atoms with Gasteiger partial charge in [0.05, 0.1) is 26.0 Å². The number of carbonyl (C=O) groups is 1. The van der Waals surface area contributed by atoms with Crippen LogP contribution in [0.25, 0.3) is 5.57 Å². The highest BCUT2D eigenvalue weighted by Gasteiger charge is 2.41. The number of ketones is 1. The summed E-state index contributed by atoms with van der Waals surface area (Å²) in [6.07, 6.45) is 0. The third kappa shape index (κ3) is 3.17. The number of benzene rings is 2. The molecular formula is C16H10IN3O5S. The van der Waals surface area contributed by atoms with Crippen molar-refractivity contribution in [2.24, 2.45) is 5.73 Å². The van der Waals surface area contributed by atoms with Crippen LogP contribution in [0.1, 0.15) is 16.4 Å². The zero-order chi connectivity index (χ0) is 19.0. The number of Topliss-reactive ketones (excluding diaryl/α,β-unsaturated/α-hetero) is 1. The van der Waals surface area contributed by atoms with Crippen LogP contribution in [0.2, 0.25) is 0 Å². The molecule has 1 aliphatic heterocycles. The van der Waals surface area contributed by atoms with Gasteiger partial charge in [0.15, 0.2) is 5.78 Å². The third-order valence-electron chi connectivity index (χ3n) is 3.80. The van der Waals surface area contributed by atoms with Crippen LogP contribution in [0, 0.1) is 23.8 Å². The molecule has 1 unspecified atom stereocenters. The summed E-state index contributed by atoms with van der Waals surface area (Å²) in [5.41, 5.74) is 5.55. The lowest BCUT2D eigenvalue weighted by molar-refractivity contribution is -0.422. The summed E-state index contributed by atoms with van der Waals surface area (Å²) in [4.78, 5) is 33.8. The first kappa shape index (κ1) is 18.3. The molecule has 132 valence electrons. The molecule has 1 aliphatic rings. The van der Waals surface area contributed by atoms with Crippen molar-refractivity contribution in [1.29, 1.82) is 0 Å². The van der Waals surface area contributed by atoms with E-state index in [1.807, 2.05) is 6.07 Å². The maximum Gasteiger partial charge on any atom is 0.350 e. The van der Waals surface area contributed by atoms with Gasteiger partial charge in [-0.05, 0) is 40.3 Å². The first-order valence-corrected chi connectivity index (χ1v) is 9.15. The van der Waals surface area contributed by atoms with Crippen LogP contribution in [-0.4, -0.2) is 15.6 Å². The van der Waals surface area contributed by atoms with E-state index in [1.54, 1.807) is 18.2 Å². The number of nitro benzene ring substituents is 2. The fourth-order valence-corrected chi connectivity index (χ4v) is 4.41. The summed E-state index contributed by atoms with van der Waals surface area (Å²) in [5, 5.41) is 21.8. The van der Waals surface area contributed by atoms with Gasteiger partial charge in [-0.1, -0.05) is 36.0 Å². The number of hydrogen-bond acceptors (Lipinski definition) is 7. The number of allylic oxidation sites excluding steroid dienone is 1. The number of nitro groups is 2. The van der Waals surface area contributed by atoms with Crippen LogP contribution in [0.3, 0.4) is 0 Å². The van der Waals surface area contributed by atoms with Crippen LogP contribution in [0.5, 0.6) is 0 Å². The highest BCUT2D eigenvalue weighted by Crippen LogP contribution is 2.50. The van der Waals surface area contributed by atoms with E-state index in [1.165, 1.54) is 12.1 Å². The first-order valence-electron chi connectivity index (χ1n) is 7.19. The molecule has 0 aromatic heterocycles. The number of rotatable bonds is 4. The zero-order valence-corrected chi connectivity index (χ0v) is 15.9. The van der Waals surface area contributed by atoms with Gasteiger partial charge < -0.3 is 5.73 Å². The molecule has 2 aromatic carbocycles. The van der Waals surface area contributed by atoms with Crippen LogP contribution < -0.4 is 5.73 Å². The Kier molecular flexibility index (Phi) is 4.96. The minimum Gasteiger partial charge on any atom is -0.393 e.